The van der Waals surface area contributed by atoms with Crippen molar-refractivity contribution in [2.45, 2.75) is 6.42 Å². The van der Waals surface area contributed by atoms with E-state index in [0.717, 1.165) is 5.56 Å². The van der Waals surface area contributed by atoms with Crippen molar-refractivity contribution in [1.82, 2.24) is 4.98 Å². The molecule has 1 heterocycles. The lowest BCUT2D eigenvalue weighted by Crippen LogP contribution is -2.08. The standard InChI is InChI=1S/C13H10Cl2N2O/c14-9-3-1-2-8(4-9)5-12(18)11-6-10(15)7-17-13(11)16/h1-4,6-7H,5H2,(H2,16,17). The second-order valence-electron chi connectivity index (χ2n) is 3.82. The molecule has 3 nitrogen and oxygen atoms in total. The van der Waals surface area contributed by atoms with Gasteiger partial charge < -0.3 is 5.73 Å². The molecule has 0 bridgehead atoms. The highest BCUT2D eigenvalue weighted by atomic mass is 35.5. The van der Waals surface area contributed by atoms with E-state index in [1.54, 1.807) is 18.2 Å². The molecule has 0 atom stereocenters. The van der Waals surface area contributed by atoms with Crippen LogP contribution in [0.1, 0.15) is 15.9 Å². The number of hydrogen-bond acceptors (Lipinski definition) is 3. The number of halogens is 2. The average molecular weight is 281 g/mol. The number of ketones is 1. The van der Waals surface area contributed by atoms with Gasteiger partial charge in [-0.25, -0.2) is 4.98 Å². The average Bonchev–Trinajstić information content (AvgIpc) is 2.32. The van der Waals surface area contributed by atoms with E-state index in [0.29, 0.717) is 15.6 Å². The summed E-state index contributed by atoms with van der Waals surface area (Å²) in [5.74, 6) is 0.0520. The minimum atomic E-state index is -0.134. The number of anilines is 1. The van der Waals surface area contributed by atoms with Crippen LogP contribution in [-0.4, -0.2) is 10.8 Å². The Morgan fingerprint density at radius 3 is 2.72 bits per heavy atom. The fraction of sp³-hybridized carbons (Fsp3) is 0.0769. The number of Topliss-reactive ketones (excluding diaryl/α,β-unsaturated/α-hetero) is 1. The number of pyridine rings is 1. The highest BCUT2D eigenvalue weighted by Crippen LogP contribution is 2.18. The van der Waals surface area contributed by atoms with E-state index in [-0.39, 0.29) is 18.0 Å². The van der Waals surface area contributed by atoms with E-state index in [1.807, 2.05) is 6.07 Å². The molecule has 1 aromatic heterocycles. The Morgan fingerprint density at radius 2 is 2.00 bits per heavy atom. The van der Waals surface area contributed by atoms with Crippen LogP contribution in [0.3, 0.4) is 0 Å². The Hall–Kier alpha value is -1.58. The van der Waals surface area contributed by atoms with Crippen molar-refractivity contribution in [3.63, 3.8) is 0 Å². The van der Waals surface area contributed by atoms with Crippen molar-refractivity contribution in [3.05, 3.63) is 57.7 Å². The SMILES string of the molecule is Nc1ncc(Cl)cc1C(=O)Cc1cccc(Cl)c1. The molecule has 18 heavy (non-hydrogen) atoms. The first-order valence-electron chi connectivity index (χ1n) is 5.25. The van der Waals surface area contributed by atoms with Gasteiger partial charge in [0.1, 0.15) is 5.82 Å². The van der Waals surface area contributed by atoms with Crippen LogP contribution in [0.25, 0.3) is 0 Å². The summed E-state index contributed by atoms with van der Waals surface area (Å²) in [7, 11) is 0. The molecule has 2 rings (SSSR count). The molecular formula is C13H10Cl2N2O. The summed E-state index contributed by atoms with van der Waals surface area (Å²) in [6.07, 6.45) is 1.62. The van der Waals surface area contributed by atoms with Crippen LogP contribution in [-0.2, 0) is 6.42 Å². The van der Waals surface area contributed by atoms with Gasteiger partial charge in [0.15, 0.2) is 5.78 Å². The molecule has 0 fully saturated rings. The van der Waals surface area contributed by atoms with Gasteiger partial charge in [-0.3, -0.25) is 4.79 Å². The molecule has 0 spiro atoms. The molecule has 0 amide bonds. The summed E-state index contributed by atoms with van der Waals surface area (Å²) < 4.78 is 0. The van der Waals surface area contributed by atoms with E-state index in [4.69, 9.17) is 28.9 Å². The van der Waals surface area contributed by atoms with Crippen molar-refractivity contribution in [2.24, 2.45) is 0 Å². The molecule has 0 saturated carbocycles. The van der Waals surface area contributed by atoms with Gasteiger partial charge in [-0.2, -0.15) is 0 Å². The molecule has 2 N–H and O–H groups in total. The normalized spacial score (nSPS) is 10.3. The first kappa shape index (κ1) is 12.9. The zero-order chi connectivity index (χ0) is 13.1. The summed E-state index contributed by atoms with van der Waals surface area (Å²) >= 11 is 11.7. The first-order chi connectivity index (χ1) is 8.56. The molecule has 1 aromatic carbocycles. The molecule has 0 aliphatic heterocycles. The summed E-state index contributed by atoms with van der Waals surface area (Å²) in [6, 6.07) is 8.65. The lowest BCUT2D eigenvalue weighted by molar-refractivity contribution is 0.0993. The molecular weight excluding hydrogens is 271 g/mol. The fourth-order valence-electron chi connectivity index (χ4n) is 1.60. The minimum absolute atomic E-state index is 0.134. The van der Waals surface area contributed by atoms with Gasteiger partial charge in [-0.05, 0) is 23.8 Å². The molecule has 0 aliphatic rings. The number of benzene rings is 1. The van der Waals surface area contributed by atoms with Gasteiger partial charge >= 0.3 is 0 Å². The number of aromatic nitrogens is 1. The van der Waals surface area contributed by atoms with E-state index in [9.17, 15) is 4.79 Å². The zero-order valence-electron chi connectivity index (χ0n) is 9.36. The monoisotopic (exact) mass is 280 g/mol. The summed E-state index contributed by atoms with van der Waals surface area (Å²) in [6.45, 7) is 0. The van der Waals surface area contributed by atoms with Crippen molar-refractivity contribution < 1.29 is 4.79 Å². The third kappa shape index (κ3) is 3.00. The smallest absolute Gasteiger partial charge is 0.170 e. The minimum Gasteiger partial charge on any atom is -0.383 e. The second-order valence-corrected chi connectivity index (χ2v) is 4.69. The number of nitrogens with two attached hydrogens (primary N) is 1. The molecule has 2 aromatic rings. The van der Waals surface area contributed by atoms with E-state index >= 15 is 0 Å². The Kier molecular flexibility index (Phi) is 3.84. The summed E-state index contributed by atoms with van der Waals surface area (Å²) in [5, 5.41) is 0.983. The maximum absolute atomic E-state index is 12.1. The lowest BCUT2D eigenvalue weighted by atomic mass is 10.0. The molecule has 5 heteroatoms. The topological polar surface area (TPSA) is 56.0 Å². The van der Waals surface area contributed by atoms with E-state index in [2.05, 4.69) is 4.98 Å². The van der Waals surface area contributed by atoms with Gasteiger partial charge in [0.2, 0.25) is 0 Å². The Morgan fingerprint density at radius 1 is 1.22 bits per heavy atom. The van der Waals surface area contributed by atoms with Gasteiger partial charge in [0.05, 0.1) is 10.6 Å². The van der Waals surface area contributed by atoms with Crippen LogP contribution < -0.4 is 5.73 Å². The van der Waals surface area contributed by atoms with Gasteiger partial charge in [0.25, 0.3) is 0 Å². The van der Waals surface area contributed by atoms with Crippen molar-refractivity contribution in [3.8, 4) is 0 Å². The molecule has 0 aliphatic carbocycles. The van der Waals surface area contributed by atoms with Crippen LogP contribution in [0.4, 0.5) is 5.82 Å². The van der Waals surface area contributed by atoms with Crippen LogP contribution in [0.2, 0.25) is 10.0 Å². The van der Waals surface area contributed by atoms with Crippen molar-refractivity contribution in [1.29, 1.82) is 0 Å². The number of nitrogen functional groups attached to an aromatic ring is 1. The van der Waals surface area contributed by atoms with Crippen molar-refractivity contribution >= 4 is 34.8 Å². The highest BCUT2D eigenvalue weighted by molar-refractivity contribution is 6.31. The van der Waals surface area contributed by atoms with Crippen LogP contribution in [0.15, 0.2) is 36.5 Å². The van der Waals surface area contributed by atoms with Gasteiger partial charge in [-0.15, -0.1) is 0 Å². The van der Waals surface area contributed by atoms with Crippen LogP contribution in [0.5, 0.6) is 0 Å². The van der Waals surface area contributed by atoms with E-state index < -0.39 is 0 Å². The van der Waals surface area contributed by atoms with Crippen LogP contribution >= 0.6 is 23.2 Å². The predicted octanol–water partition coefficient (Wildman–Crippen LogP) is 3.40. The first-order valence-corrected chi connectivity index (χ1v) is 6.00. The highest BCUT2D eigenvalue weighted by Gasteiger charge is 2.12. The quantitative estimate of drug-likeness (QED) is 0.877. The lowest BCUT2D eigenvalue weighted by Gasteiger charge is -2.05. The number of hydrogen-bond donors (Lipinski definition) is 1. The maximum Gasteiger partial charge on any atom is 0.170 e. The third-order valence-corrected chi connectivity index (χ3v) is 2.88. The number of rotatable bonds is 3. The van der Waals surface area contributed by atoms with Crippen LogP contribution in [0, 0.1) is 0 Å². The summed E-state index contributed by atoms with van der Waals surface area (Å²) in [5.41, 5.74) is 6.82. The zero-order valence-corrected chi connectivity index (χ0v) is 10.9. The Bertz CT molecular complexity index is 599. The maximum atomic E-state index is 12.1. The largest absolute Gasteiger partial charge is 0.383 e. The molecule has 92 valence electrons. The third-order valence-electron chi connectivity index (χ3n) is 2.44. The van der Waals surface area contributed by atoms with Crippen molar-refractivity contribution in [2.75, 3.05) is 5.73 Å². The predicted molar refractivity (Wildman–Crippen MR) is 73.1 cm³/mol. The molecule has 0 radical (unpaired) electrons. The molecule has 0 saturated heterocycles. The number of nitrogens with zero attached hydrogens (tertiary/aromatic N) is 1. The Balaban J connectivity index is 2.24. The Labute approximate surface area is 115 Å². The molecule has 0 unspecified atom stereocenters. The van der Waals surface area contributed by atoms with Gasteiger partial charge in [-0.1, -0.05) is 35.3 Å². The summed E-state index contributed by atoms with van der Waals surface area (Å²) in [4.78, 5) is 15.9. The van der Waals surface area contributed by atoms with E-state index in [1.165, 1.54) is 12.3 Å². The fourth-order valence-corrected chi connectivity index (χ4v) is 1.97. The van der Waals surface area contributed by atoms with Gasteiger partial charge in [0, 0.05) is 17.6 Å². The number of carbonyl (C=O) groups excluding carboxylic acids is 1. The second kappa shape index (κ2) is 5.38. The number of carbonyl (C=O) groups is 1.